The van der Waals surface area contributed by atoms with Gasteiger partial charge < -0.3 is 14.8 Å². The maximum absolute atomic E-state index is 12.4. The van der Waals surface area contributed by atoms with Crippen molar-refractivity contribution < 1.29 is 19.1 Å². The maximum Gasteiger partial charge on any atom is 0.343 e. The summed E-state index contributed by atoms with van der Waals surface area (Å²) >= 11 is 0. The van der Waals surface area contributed by atoms with Crippen LogP contribution < -0.4 is 10.1 Å². The van der Waals surface area contributed by atoms with Gasteiger partial charge in [-0.2, -0.15) is 0 Å². The molecule has 0 radical (unpaired) electrons. The first kappa shape index (κ1) is 18.1. The van der Waals surface area contributed by atoms with E-state index in [9.17, 15) is 9.59 Å². The van der Waals surface area contributed by atoms with Crippen molar-refractivity contribution in [3.05, 3.63) is 59.7 Å². The molecule has 1 N–H and O–H groups in total. The highest BCUT2D eigenvalue weighted by molar-refractivity contribution is 5.91. The second-order valence-corrected chi connectivity index (χ2v) is 6.18. The van der Waals surface area contributed by atoms with Crippen LogP contribution in [0.4, 0.5) is 5.69 Å². The lowest BCUT2D eigenvalue weighted by molar-refractivity contribution is -0.114. The van der Waals surface area contributed by atoms with Crippen LogP contribution in [-0.4, -0.2) is 43.1 Å². The summed E-state index contributed by atoms with van der Waals surface area (Å²) in [4.78, 5) is 25.7. The van der Waals surface area contributed by atoms with Crippen molar-refractivity contribution in [3.8, 4) is 5.75 Å². The van der Waals surface area contributed by atoms with E-state index in [1.165, 1.54) is 6.92 Å². The summed E-state index contributed by atoms with van der Waals surface area (Å²) in [6, 6.07) is 14.2. The molecule has 136 valence electrons. The molecule has 1 saturated heterocycles. The van der Waals surface area contributed by atoms with E-state index in [1.807, 2.05) is 18.2 Å². The lowest BCUT2D eigenvalue weighted by atomic mass is 10.1. The van der Waals surface area contributed by atoms with E-state index in [-0.39, 0.29) is 5.91 Å². The molecule has 1 aliphatic heterocycles. The summed E-state index contributed by atoms with van der Waals surface area (Å²) in [5.74, 6) is -0.115. The topological polar surface area (TPSA) is 67.9 Å². The minimum absolute atomic E-state index is 0.146. The van der Waals surface area contributed by atoms with Gasteiger partial charge in [-0.05, 0) is 42.0 Å². The number of benzene rings is 2. The largest absolute Gasteiger partial charge is 0.423 e. The molecule has 1 aliphatic rings. The minimum Gasteiger partial charge on any atom is -0.423 e. The van der Waals surface area contributed by atoms with Crippen LogP contribution in [0, 0.1) is 0 Å². The molecule has 0 bridgehead atoms. The molecule has 1 fully saturated rings. The molecule has 3 rings (SSSR count). The van der Waals surface area contributed by atoms with E-state index in [1.54, 1.807) is 30.3 Å². The summed E-state index contributed by atoms with van der Waals surface area (Å²) in [7, 11) is 0. The van der Waals surface area contributed by atoms with Crippen LogP contribution in [0.1, 0.15) is 22.8 Å². The number of anilines is 1. The highest BCUT2D eigenvalue weighted by Crippen LogP contribution is 2.18. The van der Waals surface area contributed by atoms with Gasteiger partial charge in [0.25, 0.3) is 0 Å². The van der Waals surface area contributed by atoms with Crippen molar-refractivity contribution in [1.29, 1.82) is 0 Å². The normalized spacial score (nSPS) is 14.7. The molecule has 0 atom stereocenters. The van der Waals surface area contributed by atoms with E-state index in [0.29, 0.717) is 17.0 Å². The fraction of sp³-hybridized carbons (Fsp3) is 0.300. The third kappa shape index (κ3) is 5.15. The first-order valence-corrected chi connectivity index (χ1v) is 8.59. The van der Waals surface area contributed by atoms with Crippen molar-refractivity contribution in [2.75, 3.05) is 31.6 Å². The van der Waals surface area contributed by atoms with Crippen molar-refractivity contribution in [2.45, 2.75) is 13.5 Å². The Kier molecular flexibility index (Phi) is 5.99. The van der Waals surface area contributed by atoms with Crippen molar-refractivity contribution in [3.63, 3.8) is 0 Å². The monoisotopic (exact) mass is 354 g/mol. The Labute approximate surface area is 152 Å². The molecule has 2 aromatic carbocycles. The van der Waals surface area contributed by atoms with Crippen LogP contribution in [0.15, 0.2) is 48.5 Å². The first-order chi connectivity index (χ1) is 12.6. The summed E-state index contributed by atoms with van der Waals surface area (Å²) in [5, 5.41) is 2.67. The smallest absolute Gasteiger partial charge is 0.343 e. The van der Waals surface area contributed by atoms with Crippen LogP contribution in [-0.2, 0) is 16.1 Å². The number of rotatable bonds is 5. The number of amides is 1. The van der Waals surface area contributed by atoms with Gasteiger partial charge in [-0.3, -0.25) is 9.69 Å². The van der Waals surface area contributed by atoms with E-state index in [4.69, 9.17) is 9.47 Å². The predicted molar refractivity (Wildman–Crippen MR) is 98.2 cm³/mol. The lowest BCUT2D eigenvalue weighted by Gasteiger charge is -2.26. The molecule has 0 spiro atoms. The van der Waals surface area contributed by atoms with Gasteiger partial charge in [0, 0.05) is 32.2 Å². The van der Waals surface area contributed by atoms with E-state index in [0.717, 1.165) is 38.4 Å². The number of ether oxygens (including phenoxy) is 2. The fourth-order valence-corrected chi connectivity index (χ4v) is 2.79. The highest BCUT2D eigenvalue weighted by atomic mass is 16.5. The Morgan fingerprint density at radius 3 is 2.54 bits per heavy atom. The van der Waals surface area contributed by atoms with Crippen molar-refractivity contribution in [1.82, 2.24) is 4.90 Å². The zero-order valence-corrected chi connectivity index (χ0v) is 14.7. The van der Waals surface area contributed by atoms with Gasteiger partial charge in [-0.25, -0.2) is 4.79 Å². The van der Waals surface area contributed by atoms with Crippen LogP contribution in [0.5, 0.6) is 5.75 Å². The average Bonchev–Trinajstić information content (AvgIpc) is 2.64. The van der Waals surface area contributed by atoms with E-state index in [2.05, 4.69) is 10.2 Å². The number of carbonyl (C=O) groups excluding carboxylic acids is 2. The Morgan fingerprint density at radius 1 is 1.12 bits per heavy atom. The minimum atomic E-state index is -0.402. The molecule has 1 heterocycles. The summed E-state index contributed by atoms with van der Waals surface area (Å²) < 4.78 is 10.8. The Balaban J connectivity index is 1.62. The summed E-state index contributed by atoms with van der Waals surface area (Å²) in [6.45, 7) is 5.52. The van der Waals surface area contributed by atoms with Crippen LogP contribution in [0.3, 0.4) is 0 Å². The standard InChI is InChI=1S/C20H22N2O4/c1-15(23)21-18-5-7-19(8-6-18)26-20(24)17-4-2-3-16(13-17)14-22-9-11-25-12-10-22/h2-8,13H,9-12,14H2,1H3,(H,21,23). The van der Waals surface area contributed by atoms with Crippen LogP contribution in [0.25, 0.3) is 0 Å². The van der Waals surface area contributed by atoms with Crippen molar-refractivity contribution in [2.24, 2.45) is 0 Å². The lowest BCUT2D eigenvalue weighted by Crippen LogP contribution is -2.35. The summed E-state index contributed by atoms with van der Waals surface area (Å²) in [6.07, 6.45) is 0. The number of esters is 1. The first-order valence-electron chi connectivity index (χ1n) is 8.59. The molecule has 0 aromatic heterocycles. The highest BCUT2D eigenvalue weighted by Gasteiger charge is 2.13. The van der Waals surface area contributed by atoms with Gasteiger partial charge in [-0.1, -0.05) is 12.1 Å². The average molecular weight is 354 g/mol. The second-order valence-electron chi connectivity index (χ2n) is 6.18. The Bertz CT molecular complexity index is 768. The number of morpholine rings is 1. The van der Waals surface area contributed by atoms with Gasteiger partial charge in [-0.15, -0.1) is 0 Å². The molecule has 0 saturated carbocycles. The number of hydrogen-bond acceptors (Lipinski definition) is 5. The Morgan fingerprint density at radius 2 is 1.85 bits per heavy atom. The van der Waals surface area contributed by atoms with E-state index >= 15 is 0 Å². The molecule has 1 amide bonds. The third-order valence-corrected chi connectivity index (χ3v) is 4.06. The number of nitrogens with one attached hydrogen (secondary N) is 1. The number of nitrogens with zero attached hydrogens (tertiary/aromatic N) is 1. The molecule has 2 aromatic rings. The van der Waals surface area contributed by atoms with Gasteiger partial charge in [0.2, 0.25) is 5.91 Å². The van der Waals surface area contributed by atoms with Gasteiger partial charge in [0.05, 0.1) is 18.8 Å². The number of hydrogen-bond donors (Lipinski definition) is 1. The van der Waals surface area contributed by atoms with Crippen LogP contribution >= 0.6 is 0 Å². The fourth-order valence-electron chi connectivity index (χ4n) is 2.79. The van der Waals surface area contributed by atoms with Crippen molar-refractivity contribution >= 4 is 17.6 Å². The van der Waals surface area contributed by atoms with E-state index < -0.39 is 5.97 Å². The molecule has 6 nitrogen and oxygen atoms in total. The quantitative estimate of drug-likeness (QED) is 0.660. The predicted octanol–water partition coefficient (Wildman–Crippen LogP) is 2.70. The zero-order chi connectivity index (χ0) is 18.4. The van der Waals surface area contributed by atoms with Crippen LogP contribution in [0.2, 0.25) is 0 Å². The number of carbonyl (C=O) groups is 2. The third-order valence-electron chi connectivity index (χ3n) is 4.06. The molecule has 6 heteroatoms. The molecular formula is C20H22N2O4. The molecular weight excluding hydrogens is 332 g/mol. The molecule has 0 aliphatic carbocycles. The summed E-state index contributed by atoms with van der Waals surface area (Å²) in [5.41, 5.74) is 2.24. The van der Waals surface area contributed by atoms with Gasteiger partial charge in [0.1, 0.15) is 5.75 Å². The molecule has 0 unspecified atom stereocenters. The Hall–Kier alpha value is -2.70. The zero-order valence-electron chi connectivity index (χ0n) is 14.7. The maximum atomic E-state index is 12.4. The van der Waals surface area contributed by atoms with Gasteiger partial charge >= 0.3 is 5.97 Å². The van der Waals surface area contributed by atoms with Gasteiger partial charge in [0.15, 0.2) is 0 Å². The molecule has 26 heavy (non-hydrogen) atoms. The SMILES string of the molecule is CC(=O)Nc1ccc(OC(=O)c2cccc(CN3CCOCC3)c2)cc1. The second kappa shape index (κ2) is 8.60.